The van der Waals surface area contributed by atoms with E-state index in [4.69, 9.17) is 5.11 Å². The molecular formula is C8H11N3O3. The van der Waals surface area contributed by atoms with Gasteiger partial charge in [0.25, 0.3) is 0 Å². The molecule has 6 nitrogen and oxygen atoms in total. The predicted octanol–water partition coefficient (Wildman–Crippen LogP) is -0.0239. The third-order valence-electron chi connectivity index (χ3n) is 2.27. The fourth-order valence-electron chi connectivity index (χ4n) is 1.64. The lowest BCUT2D eigenvalue weighted by atomic mass is 9.96. The fourth-order valence-corrected chi connectivity index (χ4v) is 1.64. The van der Waals surface area contributed by atoms with Gasteiger partial charge in [0, 0.05) is 13.1 Å². The number of aromatic nitrogens is 2. The number of rotatable bonds is 4. The molecule has 1 aliphatic rings. The molecule has 0 unspecified atom stereocenters. The minimum Gasteiger partial charge on any atom is -0.481 e. The molecule has 0 saturated carbocycles. The van der Waals surface area contributed by atoms with Gasteiger partial charge in [-0.15, -0.1) is 0 Å². The zero-order valence-corrected chi connectivity index (χ0v) is 7.59. The average molecular weight is 197 g/mol. The van der Waals surface area contributed by atoms with Gasteiger partial charge in [0.2, 0.25) is 6.39 Å². The monoisotopic (exact) mass is 197 g/mol. The number of carboxylic acids is 1. The number of nitrogens with zero attached hydrogens (tertiary/aromatic N) is 3. The van der Waals surface area contributed by atoms with Crippen molar-refractivity contribution in [2.75, 3.05) is 13.1 Å². The third kappa shape index (κ3) is 2.08. The van der Waals surface area contributed by atoms with Gasteiger partial charge in [0.05, 0.1) is 13.0 Å². The van der Waals surface area contributed by atoms with E-state index in [0.717, 1.165) is 13.1 Å². The van der Waals surface area contributed by atoms with E-state index in [0.29, 0.717) is 12.4 Å². The van der Waals surface area contributed by atoms with Gasteiger partial charge in [-0.2, -0.15) is 4.98 Å². The Bertz CT molecular complexity index is 306. The number of hydrogen-bond donors (Lipinski definition) is 1. The minimum atomic E-state index is -0.728. The highest BCUT2D eigenvalue weighted by Gasteiger charge is 2.28. The van der Waals surface area contributed by atoms with E-state index in [-0.39, 0.29) is 12.3 Å². The predicted molar refractivity (Wildman–Crippen MR) is 45.3 cm³/mol. The van der Waals surface area contributed by atoms with Crippen molar-refractivity contribution in [1.82, 2.24) is 15.0 Å². The molecule has 76 valence electrons. The van der Waals surface area contributed by atoms with Crippen LogP contribution in [-0.2, 0) is 11.3 Å². The lowest BCUT2D eigenvalue weighted by Crippen LogP contribution is -2.46. The van der Waals surface area contributed by atoms with Crippen molar-refractivity contribution in [3.05, 3.63) is 12.2 Å². The quantitative estimate of drug-likeness (QED) is 0.730. The van der Waals surface area contributed by atoms with Crippen LogP contribution in [0.3, 0.4) is 0 Å². The second-order valence-corrected chi connectivity index (χ2v) is 3.51. The average Bonchev–Trinajstić information content (AvgIpc) is 2.52. The molecule has 1 aromatic rings. The first-order valence-electron chi connectivity index (χ1n) is 4.43. The van der Waals surface area contributed by atoms with Crippen LogP contribution in [0.4, 0.5) is 0 Å². The normalized spacial score (nSPS) is 18.0. The van der Waals surface area contributed by atoms with Gasteiger partial charge >= 0.3 is 5.97 Å². The maximum absolute atomic E-state index is 10.4. The van der Waals surface area contributed by atoms with Crippen molar-refractivity contribution in [2.24, 2.45) is 5.92 Å². The van der Waals surface area contributed by atoms with Crippen LogP contribution in [0, 0.1) is 5.92 Å². The van der Waals surface area contributed by atoms with Crippen LogP contribution in [-0.4, -0.2) is 39.2 Å². The van der Waals surface area contributed by atoms with Gasteiger partial charge in [0.15, 0.2) is 5.82 Å². The largest absolute Gasteiger partial charge is 0.481 e. The second kappa shape index (κ2) is 3.75. The Kier molecular flexibility index (Phi) is 2.45. The smallest absolute Gasteiger partial charge is 0.303 e. The molecule has 0 atom stereocenters. The van der Waals surface area contributed by atoms with Crippen molar-refractivity contribution in [3.8, 4) is 0 Å². The topological polar surface area (TPSA) is 79.5 Å². The van der Waals surface area contributed by atoms with Crippen LogP contribution in [0.5, 0.6) is 0 Å². The lowest BCUT2D eigenvalue weighted by molar-refractivity contribution is -0.139. The molecule has 0 amide bonds. The van der Waals surface area contributed by atoms with Crippen LogP contribution in [0.1, 0.15) is 12.2 Å². The first-order valence-corrected chi connectivity index (χ1v) is 4.43. The van der Waals surface area contributed by atoms with E-state index in [1.54, 1.807) is 0 Å². The third-order valence-corrected chi connectivity index (χ3v) is 2.27. The van der Waals surface area contributed by atoms with Crippen molar-refractivity contribution in [2.45, 2.75) is 13.0 Å². The molecule has 1 saturated heterocycles. The highest BCUT2D eigenvalue weighted by Crippen LogP contribution is 2.20. The van der Waals surface area contributed by atoms with E-state index < -0.39 is 5.97 Å². The summed E-state index contributed by atoms with van der Waals surface area (Å²) in [4.78, 5) is 16.4. The molecule has 14 heavy (non-hydrogen) atoms. The molecule has 1 N–H and O–H groups in total. The maximum Gasteiger partial charge on any atom is 0.303 e. The molecule has 1 aromatic heterocycles. The minimum absolute atomic E-state index is 0.253. The Hall–Kier alpha value is -1.43. The summed E-state index contributed by atoms with van der Waals surface area (Å²) in [7, 11) is 0. The molecule has 0 aliphatic carbocycles. The van der Waals surface area contributed by atoms with Gasteiger partial charge in [0.1, 0.15) is 0 Å². The molecular weight excluding hydrogens is 186 g/mol. The summed E-state index contributed by atoms with van der Waals surface area (Å²) < 4.78 is 4.59. The summed E-state index contributed by atoms with van der Waals surface area (Å²) in [5.41, 5.74) is 0. The molecule has 2 heterocycles. The molecule has 6 heteroatoms. The van der Waals surface area contributed by atoms with E-state index in [9.17, 15) is 4.79 Å². The first kappa shape index (κ1) is 9.14. The molecule has 0 bridgehead atoms. The maximum atomic E-state index is 10.4. The molecule has 0 aromatic carbocycles. The van der Waals surface area contributed by atoms with E-state index >= 15 is 0 Å². The van der Waals surface area contributed by atoms with Crippen molar-refractivity contribution in [1.29, 1.82) is 0 Å². The molecule has 1 aliphatic heterocycles. The van der Waals surface area contributed by atoms with E-state index in [2.05, 4.69) is 19.6 Å². The van der Waals surface area contributed by atoms with Crippen LogP contribution in [0.25, 0.3) is 0 Å². The van der Waals surface area contributed by atoms with E-state index in [1.807, 2.05) is 0 Å². The number of carbonyl (C=O) groups is 1. The number of likely N-dealkylation sites (tertiary alicyclic amines) is 1. The summed E-state index contributed by atoms with van der Waals surface area (Å²) >= 11 is 0. The molecule has 0 radical (unpaired) electrons. The summed E-state index contributed by atoms with van der Waals surface area (Å²) in [6.07, 6.45) is 1.55. The highest BCUT2D eigenvalue weighted by atomic mass is 16.5. The second-order valence-electron chi connectivity index (χ2n) is 3.51. The van der Waals surface area contributed by atoms with Gasteiger partial charge in [-0.05, 0) is 5.92 Å². The summed E-state index contributed by atoms with van der Waals surface area (Å²) in [5, 5.41) is 12.2. The zero-order chi connectivity index (χ0) is 9.97. The Morgan fingerprint density at radius 1 is 1.71 bits per heavy atom. The van der Waals surface area contributed by atoms with Gasteiger partial charge < -0.3 is 9.63 Å². The summed E-state index contributed by atoms with van der Waals surface area (Å²) in [6.45, 7) is 2.26. The standard InChI is InChI=1S/C8H11N3O3/c12-8(13)1-6-2-11(3-6)4-7-9-5-14-10-7/h5-6H,1-4H2,(H,12,13). The van der Waals surface area contributed by atoms with Gasteiger partial charge in [-0.3, -0.25) is 9.69 Å². The van der Waals surface area contributed by atoms with E-state index in [1.165, 1.54) is 6.39 Å². The van der Waals surface area contributed by atoms with Crippen LogP contribution in [0.15, 0.2) is 10.9 Å². The lowest BCUT2D eigenvalue weighted by Gasteiger charge is -2.37. The highest BCUT2D eigenvalue weighted by molar-refractivity contribution is 5.67. The Morgan fingerprint density at radius 2 is 2.50 bits per heavy atom. The Labute approximate surface area is 80.5 Å². The fraction of sp³-hybridized carbons (Fsp3) is 0.625. The van der Waals surface area contributed by atoms with Crippen LogP contribution < -0.4 is 0 Å². The van der Waals surface area contributed by atoms with Crippen LogP contribution >= 0.6 is 0 Å². The Morgan fingerprint density at radius 3 is 3.07 bits per heavy atom. The summed E-state index contributed by atoms with van der Waals surface area (Å²) in [6, 6.07) is 0. The van der Waals surface area contributed by atoms with Crippen LogP contribution in [0.2, 0.25) is 0 Å². The molecule has 0 spiro atoms. The SMILES string of the molecule is O=C(O)CC1CN(Cc2ncon2)C1. The number of hydrogen-bond acceptors (Lipinski definition) is 5. The zero-order valence-electron chi connectivity index (χ0n) is 7.59. The van der Waals surface area contributed by atoms with Crippen molar-refractivity contribution in [3.63, 3.8) is 0 Å². The molecule has 1 fully saturated rings. The van der Waals surface area contributed by atoms with Gasteiger partial charge in [-0.1, -0.05) is 5.16 Å². The number of aliphatic carboxylic acids is 1. The Balaban J connectivity index is 1.71. The van der Waals surface area contributed by atoms with Crippen molar-refractivity contribution >= 4 is 5.97 Å². The first-order chi connectivity index (χ1) is 6.74. The number of carboxylic acid groups (broad SMARTS) is 1. The van der Waals surface area contributed by atoms with Crippen molar-refractivity contribution < 1.29 is 14.4 Å². The summed E-state index contributed by atoms with van der Waals surface area (Å²) in [5.74, 6) is 0.201. The molecule has 2 rings (SSSR count). The van der Waals surface area contributed by atoms with Gasteiger partial charge in [-0.25, -0.2) is 0 Å².